The molecule has 0 heterocycles. The first-order valence-corrected chi connectivity index (χ1v) is 15.4. The van der Waals surface area contributed by atoms with E-state index in [2.05, 4.69) is 24.5 Å². The first-order valence-electron chi connectivity index (χ1n) is 15.4. The zero-order chi connectivity index (χ0) is 33.4. The van der Waals surface area contributed by atoms with Gasteiger partial charge in [-0.25, -0.2) is 4.79 Å². The molecule has 0 bridgehead atoms. The first-order chi connectivity index (χ1) is 20.4. The Balaban J connectivity index is 2.73. The smallest absolute Gasteiger partial charge is 0.408 e. The fraction of sp³-hybridized carbons (Fsp3) is 0.543. The lowest BCUT2D eigenvalue weighted by Gasteiger charge is -2.39. The molecule has 0 fully saturated rings. The lowest BCUT2D eigenvalue weighted by Crippen LogP contribution is -2.55. The number of hydrogen-bond donors (Lipinski definition) is 3. The van der Waals surface area contributed by atoms with Gasteiger partial charge in [0.05, 0.1) is 0 Å². The number of anilines is 1. The molecule has 0 spiro atoms. The van der Waals surface area contributed by atoms with Crippen LogP contribution in [-0.2, 0) is 19.1 Å². The highest BCUT2D eigenvalue weighted by Gasteiger charge is 2.39. The maximum absolute atomic E-state index is 14.6. The average Bonchev–Trinajstić information content (AvgIpc) is 2.88. The van der Waals surface area contributed by atoms with E-state index < -0.39 is 41.6 Å². The van der Waals surface area contributed by atoms with Crippen molar-refractivity contribution in [2.45, 2.75) is 119 Å². The molecule has 4 amide bonds. The van der Waals surface area contributed by atoms with Crippen LogP contribution in [0.4, 0.5) is 10.5 Å². The van der Waals surface area contributed by atoms with E-state index in [0.717, 1.165) is 28.7 Å². The van der Waals surface area contributed by atoms with Crippen molar-refractivity contribution in [2.75, 3.05) is 5.32 Å². The molecule has 4 N–H and O–H groups in total. The number of rotatable bonds is 13. The second-order valence-corrected chi connectivity index (χ2v) is 13.3. The van der Waals surface area contributed by atoms with E-state index in [4.69, 9.17) is 10.5 Å². The third kappa shape index (κ3) is 11.0. The van der Waals surface area contributed by atoms with Crippen molar-refractivity contribution in [3.8, 4) is 0 Å². The highest BCUT2D eigenvalue weighted by molar-refractivity contribution is 6.00. The lowest BCUT2D eigenvalue weighted by atomic mass is 9.94. The molecule has 0 aliphatic heterocycles. The molecule has 3 unspecified atom stereocenters. The monoisotopic (exact) mass is 608 g/mol. The van der Waals surface area contributed by atoms with Gasteiger partial charge in [-0.15, -0.1) is 0 Å². The number of primary amides is 1. The van der Waals surface area contributed by atoms with Crippen molar-refractivity contribution in [1.82, 2.24) is 10.2 Å². The van der Waals surface area contributed by atoms with E-state index in [9.17, 15) is 19.2 Å². The molecule has 2 aromatic carbocycles. The molecule has 0 saturated carbocycles. The van der Waals surface area contributed by atoms with Crippen LogP contribution in [0.3, 0.4) is 0 Å². The van der Waals surface area contributed by atoms with Gasteiger partial charge in [-0.1, -0.05) is 61.4 Å². The summed E-state index contributed by atoms with van der Waals surface area (Å²) in [6.07, 6.45) is 0.463. The molecule has 242 valence electrons. The van der Waals surface area contributed by atoms with Crippen LogP contribution in [0.25, 0.3) is 0 Å². The molecule has 2 rings (SSSR count). The average molecular weight is 609 g/mol. The third-order valence-corrected chi connectivity index (χ3v) is 7.38. The van der Waals surface area contributed by atoms with Gasteiger partial charge in [0, 0.05) is 18.2 Å². The molecule has 0 radical (unpaired) electrons. The number of carbonyl (C=O) groups is 4. The largest absolute Gasteiger partial charge is 0.444 e. The number of alkyl carbamates (subject to hydrolysis) is 1. The summed E-state index contributed by atoms with van der Waals surface area (Å²) >= 11 is 0. The summed E-state index contributed by atoms with van der Waals surface area (Å²) in [5.41, 5.74) is 9.69. The Hall–Kier alpha value is -3.88. The third-order valence-electron chi connectivity index (χ3n) is 7.38. The molecule has 0 aliphatic carbocycles. The Morgan fingerprint density at radius 3 is 1.95 bits per heavy atom. The van der Waals surface area contributed by atoms with Crippen molar-refractivity contribution in [3.63, 3.8) is 0 Å². The van der Waals surface area contributed by atoms with Crippen LogP contribution in [0.5, 0.6) is 0 Å². The molecule has 0 aromatic heterocycles. The van der Waals surface area contributed by atoms with E-state index >= 15 is 0 Å². The topological polar surface area (TPSA) is 131 Å². The van der Waals surface area contributed by atoms with Crippen molar-refractivity contribution in [3.05, 3.63) is 64.2 Å². The van der Waals surface area contributed by atoms with E-state index in [1.54, 1.807) is 25.7 Å². The number of amides is 4. The van der Waals surface area contributed by atoms with Gasteiger partial charge in [0.15, 0.2) is 0 Å². The van der Waals surface area contributed by atoms with Gasteiger partial charge in [-0.2, -0.15) is 0 Å². The first kappa shape index (κ1) is 36.3. The van der Waals surface area contributed by atoms with Crippen LogP contribution in [0.2, 0.25) is 0 Å². The molecule has 44 heavy (non-hydrogen) atoms. The van der Waals surface area contributed by atoms with Crippen molar-refractivity contribution in [2.24, 2.45) is 11.7 Å². The predicted molar refractivity (Wildman–Crippen MR) is 175 cm³/mol. The molecule has 9 nitrogen and oxygen atoms in total. The van der Waals surface area contributed by atoms with E-state index in [-0.39, 0.29) is 18.7 Å². The van der Waals surface area contributed by atoms with E-state index in [1.807, 2.05) is 71.0 Å². The molecule has 0 aliphatic rings. The number of aryl methyl sites for hydroxylation is 4. The molecule has 0 saturated heterocycles. The molecular formula is C35H52N4O5. The summed E-state index contributed by atoms with van der Waals surface area (Å²) in [7, 11) is 0. The summed E-state index contributed by atoms with van der Waals surface area (Å²) in [6, 6.07) is 9.04. The Labute approximate surface area is 263 Å². The fourth-order valence-electron chi connectivity index (χ4n) is 5.30. The van der Waals surface area contributed by atoms with Gasteiger partial charge in [0.25, 0.3) is 5.91 Å². The lowest BCUT2D eigenvalue weighted by molar-refractivity contribution is -0.143. The van der Waals surface area contributed by atoms with Crippen molar-refractivity contribution >= 4 is 29.5 Å². The maximum atomic E-state index is 14.6. The van der Waals surface area contributed by atoms with Crippen LogP contribution >= 0.6 is 0 Å². The van der Waals surface area contributed by atoms with Gasteiger partial charge in [-0.05, 0) is 97.3 Å². The summed E-state index contributed by atoms with van der Waals surface area (Å²) in [5, 5.41) is 5.79. The minimum Gasteiger partial charge on any atom is -0.444 e. The summed E-state index contributed by atoms with van der Waals surface area (Å²) in [6.45, 7) is 19.0. The number of hydrogen-bond acceptors (Lipinski definition) is 5. The number of carbonyl (C=O) groups excluding carboxylic acids is 4. The zero-order valence-corrected chi connectivity index (χ0v) is 28.2. The Bertz CT molecular complexity index is 1290. The predicted octanol–water partition coefficient (Wildman–Crippen LogP) is 6.41. The van der Waals surface area contributed by atoms with Crippen molar-refractivity contribution < 1.29 is 23.9 Å². The summed E-state index contributed by atoms with van der Waals surface area (Å²) in [4.78, 5) is 55.4. The Kier molecular flexibility index (Phi) is 13.0. The Morgan fingerprint density at radius 2 is 1.45 bits per heavy atom. The normalized spacial score (nSPS) is 13.5. The van der Waals surface area contributed by atoms with Crippen LogP contribution in [0.15, 0.2) is 36.4 Å². The highest BCUT2D eigenvalue weighted by atomic mass is 16.6. The molecular weight excluding hydrogens is 556 g/mol. The number of para-hydroxylation sites is 1. The van der Waals surface area contributed by atoms with Crippen LogP contribution in [0.1, 0.15) is 101 Å². The van der Waals surface area contributed by atoms with Gasteiger partial charge >= 0.3 is 6.09 Å². The van der Waals surface area contributed by atoms with Crippen LogP contribution in [0, 0.1) is 33.6 Å². The molecule has 3 atom stereocenters. The standard InChI is InChI=1S/C35H52N4O5/c1-21(2)14-15-26(7)39(33(42)28(16-17-29(36)40)37-34(43)44-35(8,9)10)31(27-19-22(3)18-23(4)20-27)32(41)38-30-24(5)12-11-13-25(30)6/h11-13,18-21,26,28,31H,14-17H2,1-10H3,(H2,36,40)(H,37,43)(H,38,41). The highest BCUT2D eigenvalue weighted by Crippen LogP contribution is 2.31. The second-order valence-electron chi connectivity index (χ2n) is 13.3. The second kappa shape index (κ2) is 15.7. The molecule has 9 heteroatoms. The number of nitrogens with zero attached hydrogens (tertiary/aromatic N) is 1. The number of ether oxygens (including phenoxy) is 1. The van der Waals surface area contributed by atoms with Crippen LogP contribution in [-0.4, -0.2) is 46.4 Å². The van der Waals surface area contributed by atoms with Crippen molar-refractivity contribution in [1.29, 1.82) is 0 Å². The van der Waals surface area contributed by atoms with Gasteiger partial charge in [0.1, 0.15) is 17.7 Å². The summed E-state index contributed by atoms with van der Waals surface area (Å²) in [5.74, 6) is -1.10. The quantitative estimate of drug-likeness (QED) is 0.242. The SMILES string of the molecule is Cc1cc(C)cc(C(C(=O)Nc2c(C)cccc2C)N(C(=O)C(CCC(N)=O)NC(=O)OC(C)(C)C)C(C)CCC(C)C)c1. The maximum Gasteiger partial charge on any atom is 0.408 e. The Morgan fingerprint density at radius 1 is 0.886 bits per heavy atom. The molecule has 2 aromatic rings. The minimum atomic E-state index is -1.15. The number of benzene rings is 2. The number of nitrogens with two attached hydrogens (primary N) is 1. The minimum absolute atomic E-state index is 0.0428. The number of nitrogens with one attached hydrogen (secondary N) is 2. The van der Waals surface area contributed by atoms with Gasteiger partial charge in [-0.3, -0.25) is 14.4 Å². The van der Waals surface area contributed by atoms with Gasteiger partial charge in [0.2, 0.25) is 11.8 Å². The van der Waals surface area contributed by atoms with E-state index in [1.165, 1.54) is 0 Å². The zero-order valence-electron chi connectivity index (χ0n) is 28.2. The fourth-order valence-corrected chi connectivity index (χ4v) is 5.30. The summed E-state index contributed by atoms with van der Waals surface area (Å²) < 4.78 is 5.46. The van der Waals surface area contributed by atoms with Gasteiger partial charge < -0.3 is 26.0 Å². The van der Waals surface area contributed by atoms with Crippen LogP contribution < -0.4 is 16.4 Å². The van der Waals surface area contributed by atoms with E-state index in [0.29, 0.717) is 23.6 Å².